The molecule has 3 heterocycles. The Bertz CT molecular complexity index is 763. The summed E-state index contributed by atoms with van der Waals surface area (Å²) in [5, 5.41) is 9.84. The molecule has 1 N–H and O–H groups in total. The minimum absolute atomic E-state index is 0.513. The number of hydrogen-bond acceptors (Lipinski definition) is 4. The molecule has 0 unspecified atom stereocenters. The number of nitrogens with one attached hydrogen (secondary N) is 1. The standard InChI is InChI=1S/C15H20N6/c1-20(2)11-5-3-10(4-6-11)13-14-12-7-8-16-15(12)17-9-21(14)19-18-13/h7-11,16H,3-6H2,1-2H3. The zero-order chi connectivity index (χ0) is 14.4. The molecule has 0 radical (unpaired) electrons. The van der Waals surface area contributed by atoms with E-state index in [9.17, 15) is 0 Å². The molecule has 0 bridgehead atoms. The summed E-state index contributed by atoms with van der Waals surface area (Å²) in [6.07, 6.45) is 8.51. The fourth-order valence-electron chi connectivity index (χ4n) is 3.56. The van der Waals surface area contributed by atoms with Gasteiger partial charge >= 0.3 is 0 Å². The van der Waals surface area contributed by atoms with Crippen molar-refractivity contribution >= 4 is 16.6 Å². The van der Waals surface area contributed by atoms with E-state index in [1.807, 2.05) is 10.7 Å². The van der Waals surface area contributed by atoms with Crippen molar-refractivity contribution in [2.24, 2.45) is 0 Å². The molecule has 1 fully saturated rings. The van der Waals surface area contributed by atoms with Crippen molar-refractivity contribution in [1.29, 1.82) is 0 Å². The Morgan fingerprint density at radius 2 is 2.05 bits per heavy atom. The van der Waals surface area contributed by atoms with E-state index in [4.69, 9.17) is 0 Å². The lowest BCUT2D eigenvalue weighted by Crippen LogP contribution is -2.31. The molecule has 21 heavy (non-hydrogen) atoms. The van der Waals surface area contributed by atoms with Crippen molar-refractivity contribution in [2.75, 3.05) is 14.1 Å². The molecule has 0 aromatic carbocycles. The van der Waals surface area contributed by atoms with Crippen LogP contribution in [0, 0.1) is 0 Å². The molecule has 4 rings (SSSR count). The SMILES string of the molecule is CN(C)C1CCC(c2nnn3cnc4[nH]ccc4c23)CC1. The van der Waals surface area contributed by atoms with Crippen molar-refractivity contribution in [3.63, 3.8) is 0 Å². The smallest absolute Gasteiger partial charge is 0.141 e. The molecule has 3 aromatic heterocycles. The third-order valence-electron chi connectivity index (χ3n) is 4.81. The molecule has 0 amide bonds. The van der Waals surface area contributed by atoms with Crippen LogP contribution in [0.2, 0.25) is 0 Å². The second kappa shape index (κ2) is 4.80. The van der Waals surface area contributed by atoms with Gasteiger partial charge in [0, 0.05) is 23.5 Å². The molecule has 6 heteroatoms. The average molecular weight is 284 g/mol. The lowest BCUT2D eigenvalue weighted by molar-refractivity contribution is 0.215. The Morgan fingerprint density at radius 3 is 2.81 bits per heavy atom. The van der Waals surface area contributed by atoms with Crippen molar-refractivity contribution in [3.05, 3.63) is 24.3 Å². The van der Waals surface area contributed by atoms with Crippen LogP contribution in [0.15, 0.2) is 18.6 Å². The highest BCUT2D eigenvalue weighted by Crippen LogP contribution is 2.36. The second-order valence-electron chi connectivity index (χ2n) is 6.22. The topological polar surface area (TPSA) is 62.1 Å². The summed E-state index contributed by atoms with van der Waals surface area (Å²) in [5.74, 6) is 0.513. The monoisotopic (exact) mass is 284 g/mol. The van der Waals surface area contributed by atoms with Gasteiger partial charge in [-0.3, -0.25) is 0 Å². The molecule has 0 saturated heterocycles. The fraction of sp³-hybridized carbons (Fsp3) is 0.533. The lowest BCUT2D eigenvalue weighted by Gasteiger charge is -2.31. The molecule has 1 aliphatic carbocycles. The van der Waals surface area contributed by atoms with Crippen LogP contribution in [0.1, 0.15) is 37.3 Å². The van der Waals surface area contributed by atoms with Crippen molar-refractivity contribution in [1.82, 2.24) is 29.7 Å². The first-order valence-corrected chi connectivity index (χ1v) is 7.57. The molecule has 1 aliphatic rings. The maximum Gasteiger partial charge on any atom is 0.141 e. The first-order chi connectivity index (χ1) is 10.2. The van der Waals surface area contributed by atoms with Gasteiger partial charge in [-0.25, -0.2) is 9.50 Å². The van der Waals surface area contributed by atoms with Gasteiger partial charge < -0.3 is 9.88 Å². The summed E-state index contributed by atoms with van der Waals surface area (Å²) in [5.41, 5.74) is 3.17. The number of nitrogens with zero attached hydrogens (tertiary/aromatic N) is 5. The molecule has 1 saturated carbocycles. The van der Waals surface area contributed by atoms with Crippen LogP contribution < -0.4 is 0 Å². The van der Waals surface area contributed by atoms with Crippen molar-refractivity contribution in [3.8, 4) is 0 Å². The first kappa shape index (κ1) is 12.8. The highest BCUT2D eigenvalue weighted by molar-refractivity contribution is 5.92. The maximum absolute atomic E-state index is 4.46. The number of aromatic nitrogens is 5. The van der Waals surface area contributed by atoms with Gasteiger partial charge in [-0.15, -0.1) is 5.10 Å². The minimum Gasteiger partial charge on any atom is -0.346 e. The Morgan fingerprint density at radius 1 is 1.24 bits per heavy atom. The summed E-state index contributed by atoms with van der Waals surface area (Å²) in [6, 6.07) is 2.77. The molecular weight excluding hydrogens is 264 g/mol. The predicted octanol–water partition coefficient (Wildman–Crippen LogP) is 2.19. The first-order valence-electron chi connectivity index (χ1n) is 7.57. The maximum atomic E-state index is 4.46. The summed E-state index contributed by atoms with van der Waals surface area (Å²) in [6.45, 7) is 0. The molecule has 110 valence electrons. The van der Waals surface area contributed by atoms with Gasteiger partial charge in [0.05, 0.1) is 5.69 Å². The zero-order valence-electron chi connectivity index (χ0n) is 12.5. The fourth-order valence-corrected chi connectivity index (χ4v) is 3.56. The third-order valence-corrected chi connectivity index (χ3v) is 4.81. The van der Waals surface area contributed by atoms with Crippen LogP contribution in [-0.4, -0.2) is 49.8 Å². The Balaban J connectivity index is 1.72. The van der Waals surface area contributed by atoms with E-state index in [0.29, 0.717) is 12.0 Å². The molecule has 0 spiro atoms. The summed E-state index contributed by atoms with van der Waals surface area (Å²) in [7, 11) is 4.35. The number of rotatable bonds is 2. The van der Waals surface area contributed by atoms with Gasteiger partial charge in [0.1, 0.15) is 17.5 Å². The zero-order valence-corrected chi connectivity index (χ0v) is 12.5. The van der Waals surface area contributed by atoms with E-state index in [0.717, 1.165) is 22.2 Å². The number of fused-ring (bicyclic) bond motifs is 3. The van der Waals surface area contributed by atoms with E-state index in [1.165, 1.54) is 25.7 Å². The van der Waals surface area contributed by atoms with Gasteiger partial charge in [0.15, 0.2) is 0 Å². The molecular formula is C15H20N6. The normalized spacial score (nSPS) is 23.4. The summed E-state index contributed by atoms with van der Waals surface area (Å²) >= 11 is 0. The van der Waals surface area contributed by atoms with Crippen LogP contribution in [0.5, 0.6) is 0 Å². The van der Waals surface area contributed by atoms with Gasteiger partial charge in [0.25, 0.3) is 0 Å². The Labute approximate surface area is 123 Å². The Hall–Kier alpha value is -1.95. The van der Waals surface area contributed by atoms with E-state index >= 15 is 0 Å². The van der Waals surface area contributed by atoms with E-state index in [1.54, 1.807) is 6.33 Å². The third kappa shape index (κ3) is 2.01. The van der Waals surface area contributed by atoms with Crippen LogP contribution in [0.25, 0.3) is 16.6 Å². The van der Waals surface area contributed by atoms with Gasteiger partial charge in [-0.2, -0.15) is 0 Å². The van der Waals surface area contributed by atoms with Crippen LogP contribution in [0.4, 0.5) is 0 Å². The van der Waals surface area contributed by atoms with Crippen LogP contribution >= 0.6 is 0 Å². The lowest BCUT2D eigenvalue weighted by atomic mass is 9.83. The van der Waals surface area contributed by atoms with E-state index in [-0.39, 0.29) is 0 Å². The largest absolute Gasteiger partial charge is 0.346 e. The van der Waals surface area contributed by atoms with Gasteiger partial charge in [0.2, 0.25) is 0 Å². The van der Waals surface area contributed by atoms with Gasteiger partial charge in [-0.05, 0) is 45.8 Å². The highest BCUT2D eigenvalue weighted by atomic mass is 15.4. The van der Waals surface area contributed by atoms with Crippen molar-refractivity contribution < 1.29 is 0 Å². The molecule has 6 nitrogen and oxygen atoms in total. The van der Waals surface area contributed by atoms with Crippen LogP contribution in [-0.2, 0) is 0 Å². The number of aromatic amines is 1. The predicted molar refractivity (Wildman–Crippen MR) is 81.3 cm³/mol. The number of H-pyrrole nitrogens is 1. The van der Waals surface area contributed by atoms with E-state index < -0.39 is 0 Å². The summed E-state index contributed by atoms with van der Waals surface area (Å²) in [4.78, 5) is 9.87. The molecule has 0 atom stereocenters. The molecule has 0 aliphatic heterocycles. The van der Waals surface area contributed by atoms with Crippen molar-refractivity contribution in [2.45, 2.75) is 37.6 Å². The number of hydrogen-bond donors (Lipinski definition) is 1. The summed E-state index contributed by atoms with van der Waals surface area (Å²) < 4.78 is 1.81. The van der Waals surface area contributed by atoms with Crippen LogP contribution in [0.3, 0.4) is 0 Å². The minimum atomic E-state index is 0.513. The molecule has 3 aromatic rings. The average Bonchev–Trinajstić information content (AvgIpc) is 3.13. The van der Waals surface area contributed by atoms with E-state index in [2.05, 4.69) is 45.3 Å². The Kier molecular flexibility index (Phi) is 2.92. The second-order valence-corrected chi connectivity index (χ2v) is 6.22. The quantitative estimate of drug-likeness (QED) is 0.783. The van der Waals surface area contributed by atoms with Gasteiger partial charge in [-0.1, -0.05) is 5.21 Å². The highest BCUT2D eigenvalue weighted by Gasteiger charge is 2.27.